The molecule has 0 bridgehead atoms. The Bertz CT molecular complexity index is 1300. The van der Waals surface area contributed by atoms with Crippen molar-refractivity contribution < 1.29 is 23.9 Å². The predicted molar refractivity (Wildman–Crippen MR) is 128 cm³/mol. The Morgan fingerprint density at radius 1 is 0.943 bits per heavy atom. The average molecular weight is 476 g/mol. The number of nitrogens with two attached hydrogens (primary N) is 1. The van der Waals surface area contributed by atoms with E-state index in [9.17, 15) is 14.4 Å². The van der Waals surface area contributed by atoms with E-state index in [1.54, 1.807) is 41.2 Å². The smallest absolute Gasteiger partial charge is 0.277 e. The van der Waals surface area contributed by atoms with Gasteiger partial charge < -0.3 is 25.0 Å². The molecule has 2 N–H and O–H groups in total. The first-order valence-electron chi connectivity index (χ1n) is 11.2. The minimum Gasteiger partial charge on any atom is -0.497 e. The van der Waals surface area contributed by atoms with Gasteiger partial charge in [0.15, 0.2) is 5.69 Å². The lowest BCUT2D eigenvalue weighted by Gasteiger charge is -2.28. The van der Waals surface area contributed by atoms with E-state index in [0.717, 1.165) is 5.69 Å². The Balaban J connectivity index is 1.47. The second kappa shape index (κ2) is 8.88. The van der Waals surface area contributed by atoms with Gasteiger partial charge in [-0.05, 0) is 55.0 Å². The van der Waals surface area contributed by atoms with Crippen LogP contribution in [0.15, 0.2) is 48.5 Å². The van der Waals surface area contributed by atoms with Gasteiger partial charge in [0, 0.05) is 43.6 Å². The van der Waals surface area contributed by atoms with Crippen LogP contribution in [-0.2, 0) is 16.0 Å². The largest absolute Gasteiger partial charge is 0.497 e. The van der Waals surface area contributed by atoms with Gasteiger partial charge in [0.2, 0.25) is 0 Å². The highest BCUT2D eigenvalue weighted by Gasteiger charge is 2.35. The zero-order chi connectivity index (χ0) is 24.7. The van der Waals surface area contributed by atoms with Crippen LogP contribution in [0.5, 0.6) is 5.75 Å². The summed E-state index contributed by atoms with van der Waals surface area (Å²) in [5, 5.41) is 4.38. The number of rotatable bonds is 6. The van der Waals surface area contributed by atoms with Gasteiger partial charge in [0.1, 0.15) is 17.5 Å². The van der Waals surface area contributed by atoms with Crippen LogP contribution in [0.25, 0.3) is 5.69 Å². The first-order chi connectivity index (χ1) is 16.9. The van der Waals surface area contributed by atoms with Gasteiger partial charge in [-0.15, -0.1) is 0 Å². The molecule has 10 nitrogen and oxygen atoms in total. The Labute approximate surface area is 201 Å². The fourth-order valence-corrected chi connectivity index (χ4v) is 4.66. The van der Waals surface area contributed by atoms with Crippen LogP contribution in [0.2, 0.25) is 0 Å². The summed E-state index contributed by atoms with van der Waals surface area (Å²) < 4.78 is 11.9. The lowest BCUT2D eigenvalue weighted by Crippen LogP contribution is -2.39. The summed E-state index contributed by atoms with van der Waals surface area (Å²) in [6, 6.07) is 14.3. The molecule has 1 unspecified atom stereocenters. The molecule has 3 aromatic rings. The molecule has 180 valence electrons. The van der Waals surface area contributed by atoms with Gasteiger partial charge in [-0.1, -0.05) is 0 Å². The van der Waals surface area contributed by atoms with Crippen molar-refractivity contribution in [2.24, 2.45) is 5.73 Å². The van der Waals surface area contributed by atoms with Crippen molar-refractivity contribution >= 4 is 29.1 Å². The maximum Gasteiger partial charge on any atom is 0.277 e. The molecule has 0 aliphatic carbocycles. The summed E-state index contributed by atoms with van der Waals surface area (Å²) in [5.41, 5.74) is 8.56. The third-order valence-corrected chi connectivity index (χ3v) is 6.48. The first kappa shape index (κ1) is 22.6. The SMILES string of the molecule is COc1ccc(-n2nc(C(N)=O)c3c2C(=O)N(c2ccc(N4CCC(OC)C4=O)cc2)CC3)cc1. The van der Waals surface area contributed by atoms with Crippen molar-refractivity contribution in [1.82, 2.24) is 9.78 Å². The Hall–Kier alpha value is -4.18. The van der Waals surface area contributed by atoms with Crippen LogP contribution in [0.3, 0.4) is 0 Å². The molecule has 3 heterocycles. The van der Waals surface area contributed by atoms with Crippen molar-refractivity contribution in [3.05, 3.63) is 65.5 Å². The number of anilines is 2. The number of hydrogen-bond acceptors (Lipinski definition) is 6. The number of methoxy groups -OCH3 is 2. The van der Waals surface area contributed by atoms with E-state index in [0.29, 0.717) is 54.3 Å². The lowest BCUT2D eigenvalue weighted by molar-refractivity contribution is -0.125. The Morgan fingerprint density at radius 3 is 2.14 bits per heavy atom. The number of ether oxygens (including phenoxy) is 2. The van der Waals surface area contributed by atoms with Gasteiger partial charge in [-0.3, -0.25) is 14.4 Å². The lowest BCUT2D eigenvalue weighted by atomic mass is 10.0. The van der Waals surface area contributed by atoms with Crippen molar-refractivity contribution in [1.29, 1.82) is 0 Å². The third-order valence-electron chi connectivity index (χ3n) is 6.48. The van der Waals surface area contributed by atoms with E-state index >= 15 is 0 Å². The van der Waals surface area contributed by atoms with E-state index in [1.807, 2.05) is 24.3 Å². The standard InChI is InChI=1S/C25H25N5O5/c1-34-18-9-7-17(8-10-18)30-22-19(21(27-30)23(26)31)11-13-29(25(22)33)16-5-3-15(4-6-16)28-14-12-20(35-2)24(28)32/h3-10,20H,11-14H2,1-2H3,(H2,26,31). The number of fused-ring (bicyclic) bond motifs is 1. The van der Waals surface area contributed by atoms with Crippen LogP contribution >= 0.6 is 0 Å². The van der Waals surface area contributed by atoms with Crippen molar-refractivity contribution in [3.8, 4) is 11.4 Å². The fraction of sp³-hybridized carbons (Fsp3) is 0.280. The summed E-state index contributed by atoms with van der Waals surface area (Å²) in [4.78, 5) is 41.5. The molecule has 1 atom stereocenters. The Morgan fingerprint density at radius 2 is 1.57 bits per heavy atom. The minimum atomic E-state index is -0.677. The number of benzene rings is 2. The summed E-state index contributed by atoms with van der Waals surface area (Å²) in [6.45, 7) is 0.952. The second-order valence-electron chi connectivity index (χ2n) is 8.38. The topological polar surface area (TPSA) is 120 Å². The molecule has 35 heavy (non-hydrogen) atoms. The molecule has 1 saturated heterocycles. The van der Waals surface area contributed by atoms with Crippen molar-refractivity contribution in [2.75, 3.05) is 37.1 Å². The summed E-state index contributed by atoms with van der Waals surface area (Å²) in [6.07, 6.45) is 0.647. The number of amides is 3. The zero-order valence-corrected chi connectivity index (χ0v) is 19.4. The molecule has 2 aliphatic rings. The summed E-state index contributed by atoms with van der Waals surface area (Å²) in [5.74, 6) is -0.372. The molecule has 1 fully saturated rings. The molecule has 2 aromatic carbocycles. The maximum absolute atomic E-state index is 13.7. The quantitative estimate of drug-likeness (QED) is 0.582. The average Bonchev–Trinajstić information content (AvgIpc) is 3.46. The zero-order valence-electron chi connectivity index (χ0n) is 19.4. The molecule has 5 rings (SSSR count). The molecule has 10 heteroatoms. The van der Waals surface area contributed by atoms with Crippen LogP contribution in [0.1, 0.15) is 33.0 Å². The van der Waals surface area contributed by atoms with Gasteiger partial charge in [-0.2, -0.15) is 5.10 Å². The Kier molecular flexibility index (Phi) is 5.73. The van der Waals surface area contributed by atoms with E-state index in [1.165, 1.54) is 11.8 Å². The highest BCUT2D eigenvalue weighted by molar-refractivity contribution is 6.09. The van der Waals surface area contributed by atoms with Crippen LogP contribution in [-0.4, -0.2) is 60.9 Å². The van der Waals surface area contributed by atoms with Crippen LogP contribution in [0.4, 0.5) is 11.4 Å². The van der Waals surface area contributed by atoms with Gasteiger partial charge in [0.05, 0.1) is 12.8 Å². The highest BCUT2D eigenvalue weighted by Crippen LogP contribution is 2.31. The van der Waals surface area contributed by atoms with E-state index in [2.05, 4.69) is 5.10 Å². The molecule has 0 spiro atoms. The number of carbonyl (C=O) groups excluding carboxylic acids is 3. The molecular formula is C25H25N5O5. The summed E-state index contributed by atoms with van der Waals surface area (Å²) >= 11 is 0. The summed E-state index contributed by atoms with van der Waals surface area (Å²) in [7, 11) is 3.10. The first-order valence-corrected chi connectivity index (χ1v) is 11.2. The van der Waals surface area contributed by atoms with Crippen LogP contribution in [0, 0.1) is 0 Å². The molecule has 2 aliphatic heterocycles. The number of hydrogen-bond donors (Lipinski definition) is 1. The third kappa shape index (κ3) is 3.81. The molecule has 3 amide bonds. The van der Waals surface area contributed by atoms with Gasteiger partial charge >= 0.3 is 0 Å². The molecule has 0 radical (unpaired) electrons. The highest BCUT2D eigenvalue weighted by atomic mass is 16.5. The van der Waals surface area contributed by atoms with Crippen molar-refractivity contribution in [3.63, 3.8) is 0 Å². The minimum absolute atomic E-state index is 0.0682. The normalized spacial score (nSPS) is 17.6. The predicted octanol–water partition coefficient (Wildman–Crippen LogP) is 1.93. The number of aromatic nitrogens is 2. The second-order valence-corrected chi connectivity index (χ2v) is 8.38. The molecule has 0 saturated carbocycles. The van der Waals surface area contributed by atoms with Gasteiger partial charge in [-0.25, -0.2) is 4.68 Å². The van der Waals surface area contributed by atoms with E-state index in [4.69, 9.17) is 15.2 Å². The maximum atomic E-state index is 13.7. The van der Waals surface area contributed by atoms with Crippen LogP contribution < -0.4 is 20.3 Å². The molecule has 1 aromatic heterocycles. The number of primary amides is 1. The number of nitrogens with zero attached hydrogens (tertiary/aromatic N) is 4. The van der Waals surface area contributed by atoms with E-state index in [-0.39, 0.29) is 17.5 Å². The monoisotopic (exact) mass is 475 g/mol. The molecular weight excluding hydrogens is 450 g/mol. The van der Waals surface area contributed by atoms with Crippen molar-refractivity contribution in [2.45, 2.75) is 18.9 Å². The number of carbonyl (C=O) groups is 3. The van der Waals surface area contributed by atoms with Gasteiger partial charge in [0.25, 0.3) is 17.7 Å². The van der Waals surface area contributed by atoms with E-state index < -0.39 is 12.0 Å². The fourth-order valence-electron chi connectivity index (χ4n) is 4.66.